The van der Waals surface area contributed by atoms with Gasteiger partial charge in [-0.2, -0.15) is 0 Å². The largest absolute Gasteiger partial charge is 0.491 e. The second-order valence-electron chi connectivity index (χ2n) is 8.19. The van der Waals surface area contributed by atoms with Crippen LogP contribution < -0.4 is 14.8 Å². The molecule has 164 valence electrons. The first kappa shape index (κ1) is 22.9. The molecule has 2 aromatic rings. The van der Waals surface area contributed by atoms with Crippen LogP contribution in [-0.4, -0.2) is 46.2 Å². The van der Waals surface area contributed by atoms with Gasteiger partial charge in [-0.15, -0.1) is 0 Å². The van der Waals surface area contributed by atoms with E-state index in [0.29, 0.717) is 17.0 Å². The van der Waals surface area contributed by atoms with Gasteiger partial charge in [0.15, 0.2) is 0 Å². The Labute approximate surface area is 188 Å². The number of aromatic nitrogens is 2. The topological polar surface area (TPSA) is 59.5 Å². The highest BCUT2D eigenvalue weighted by molar-refractivity contribution is 6.32. The van der Waals surface area contributed by atoms with Crippen LogP contribution in [0.3, 0.4) is 0 Å². The van der Waals surface area contributed by atoms with Crippen LogP contribution in [0.25, 0.3) is 0 Å². The fourth-order valence-electron chi connectivity index (χ4n) is 3.57. The van der Waals surface area contributed by atoms with Crippen LogP contribution in [0.4, 0.5) is 5.82 Å². The standard InChI is InChI=1S/C22H30Cl2N4O2/c1-14(2)29-18-9-16(10-19(11-18)30-15(3)4)13-28-7-5-17(6-8-28)25-21-12-20(23)26-22(24)27-21/h9-12,14-15,17H,5-8,13H2,1-4H3,(H,25,26,27). The molecule has 0 bridgehead atoms. The van der Waals surface area contributed by atoms with Crippen LogP contribution in [0.15, 0.2) is 24.3 Å². The van der Waals surface area contributed by atoms with Gasteiger partial charge in [0.1, 0.15) is 22.5 Å². The zero-order valence-electron chi connectivity index (χ0n) is 18.0. The summed E-state index contributed by atoms with van der Waals surface area (Å²) >= 11 is 11.9. The molecule has 1 saturated heterocycles. The third kappa shape index (κ3) is 7.18. The number of hydrogen-bond donors (Lipinski definition) is 1. The van der Waals surface area contributed by atoms with E-state index in [-0.39, 0.29) is 17.5 Å². The summed E-state index contributed by atoms with van der Waals surface area (Å²) in [5.41, 5.74) is 1.20. The highest BCUT2D eigenvalue weighted by Gasteiger charge is 2.20. The summed E-state index contributed by atoms with van der Waals surface area (Å²) in [6.07, 6.45) is 2.27. The molecular weight excluding hydrogens is 423 g/mol. The minimum atomic E-state index is 0.123. The molecule has 6 nitrogen and oxygen atoms in total. The smallest absolute Gasteiger partial charge is 0.225 e. The Morgan fingerprint density at radius 3 is 2.10 bits per heavy atom. The molecule has 0 atom stereocenters. The molecule has 1 aliphatic heterocycles. The van der Waals surface area contributed by atoms with Crippen LogP contribution in [0.2, 0.25) is 10.4 Å². The summed E-state index contributed by atoms with van der Waals surface area (Å²) in [7, 11) is 0. The molecule has 1 aromatic carbocycles. The Morgan fingerprint density at radius 1 is 0.967 bits per heavy atom. The van der Waals surface area contributed by atoms with Crippen LogP contribution in [0.1, 0.15) is 46.1 Å². The summed E-state index contributed by atoms with van der Waals surface area (Å²) in [4.78, 5) is 10.5. The molecule has 0 aliphatic carbocycles. The van der Waals surface area contributed by atoms with Crippen molar-refractivity contribution in [3.05, 3.63) is 40.3 Å². The Balaban J connectivity index is 1.59. The maximum atomic E-state index is 5.97. The van der Waals surface area contributed by atoms with E-state index < -0.39 is 0 Å². The quantitative estimate of drug-likeness (QED) is 0.425. The monoisotopic (exact) mass is 452 g/mol. The molecule has 1 N–H and O–H groups in total. The van der Waals surface area contributed by atoms with E-state index in [1.165, 1.54) is 5.56 Å². The molecule has 8 heteroatoms. The molecule has 0 saturated carbocycles. The molecule has 0 spiro atoms. The summed E-state index contributed by atoms with van der Waals surface area (Å²) in [6, 6.07) is 8.23. The second-order valence-corrected chi connectivity index (χ2v) is 8.91. The molecule has 1 fully saturated rings. The highest BCUT2D eigenvalue weighted by Crippen LogP contribution is 2.27. The summed E-state index contributed by atoms with van der Waals surface area (Å²) < 4.78 is 11.9. The lowest BCUT2D eigenvalue weighted by atomic mass is 10.0. The third-order valence-electron chi connectivity index (χ3n) is 4.70. The Hall–Kier alpha value is -1.76. The van der Waals surface area contributed by atoms with Gasteiger partial charge in [0.25, 0.3) is 0 Å². The van der Waals surface area contributed by atoms with E-state index >= 15 is 0 Å². The van der Waals surface area contributed by atoms with Crippen molar-refractivity contribution in [2.45, 2.75) is 65.3 Å². The van der Waals surface area contributed by atoms with Crippen molar-refractivity contribution in [3.63, 3.8) is 0 Å². The predicted molar refractivity (Wildman–Crippen MR) is 122 cm³/mol. The normalized spacial score (nSPS) is 15.6. The molecule has 30 heavy (non-hydrogen) atoms. The van der Waals surface area contributed by atoms with Gasteiger partial charge in [0.2, 0.25) is 5.28 Å². The summed E-state index contributed by atoms with van der Waals surface area (Å²) in [5, 5.41) is 3.92. The van der Waals surface area contributed by atoms with Gasteiger partial charge < -0.3 is 14.8 Å². The van der Waals surface area contributed by atoms with Gasteiger partial charge in [-0.3, -0.25) is 4.90 Å². The van der Waals surface area contributed by atoms with Crippen LogP contribution in [0, 0.1) is 0 Å². The molecule has 3 rings (SSSR count). The molecule has 0 amide bonds. The third-order valence-corrected chi connectivity index (χ3v) is 5.06. The van der Waals surface area contributed by atoms with Gasteiger partial charge in [-0.1, -0.05) is 11.6 Å². The fourth-order valence-corrected chi connectivity index (χ4v) is 3.98. The average molecular weight is 453 g/mol. The van der Waals surface area contributed by atoms with Crippen molar-refractivity contribution in [2.24, 2.45) is 0 Å². The minimum absolute atomic E-state index is 0.123. The Kier molecular flexibility index (Phi) is 8.03. The fraction of sp³-hybridized carbons (Fsp3) is 0.545. The van der Waals surface area contributed by atoms with Gasteiger partial charge in [-0.05, 0) is 69.8 Å². The number of likely N-dealkylation sites (tertiary alicyclic amines) is 1. The molecular formula is C22H30Cl2N4O2. The lowest BCUT2D eigenvalue weighted by Crippen LogP contribution is -2.38. The SMILES string of the molecule is CC(C)Oc1cc(CN2CCC(Nc3cc(Cl)nc(Cl)n3)CC2)cc(OC(C)C)c1. The number of benzene rings is 1. The van der Waals surface area contributed by atoms with E-state index in [1.54, 1.807) is 6.07 Å². The van der Waals surface area contributed by atoms with Crippen molar-refractivity contribution in [2.75, 3.05) is 18.4 Å². The van der Waals surface area contributed by atoms with E-state index in [4.69, 9.17) is 32.7 Å². The lowest BCUT2D eigenvalue weighted by Gasteiger charge is -2.32. The zero-order valence-corrected chi connectivity index (χ0v) is 19.5. The summed E-state index contributed by atoms with van der Waals surface area (Å²) in [5.74, 6) is 2.38. The van der Waals surface area contributed by atoms with E-state index in [1.807, 2.05) is 33.8 Å². The lowest BCUT2D eigenvalue weighted by molar-refractivity contribution is 0.207. The number of halogens is 2. The number of hydrogen-bond acceptors (Lipinski definition) is 6. The van der Waals surface area contributed by atoms with Crippen molar-refractivity contribution in [1.29, 1.82) is 0 Å². The van der Waals surface area contributed by atoms with E-state index in [0.717, 1.165) is 44.0 Å². The van der Waals surface area contributed by atoms with Crippen molar-refractivity contribution < 1.29 is 9.47 Å². The first-order valence-electron chi connectivity index (χ1n) is 10.4. The first-order chi connectivity index (χ1) is 14.3. The van der Waals surface area contributed by atoms with Crippen molar-refractivity contribution >= 4 is 29.0 Å². The maximum Gasteiger partial charge on any atom is 0.225 e. The summed E-state index contributed by atoms with van der Waals surface area (Å²) in [6.45, 7) is 11.0. The Bertz CT molecular complexity index is 791. The van der Waals surface area contributed by atoms with Crippen molar-refractivity contribution in [3.8, 4) is 11.5 Å². The van der Waals surface area contributed by atoms with Crippen molar-refractivity contribution in [1.82, 2.24) is 14.9 Å². The predicted octanol–water partition coefficient (Wildman–Crippen LogP) is 5.43. The Morgan fingerprint density at radius 2 is 1.57 bits per heavy atom. The molecule has 0 radical (unpaired) electrons. The van der Waals surface area contributed by atoms with Gasteiger partial charge in [-0.25, -0.2) is 9.97 Å². The second kappa shape index (κ2) is 10.5. The molecule has 2 heterocycles. The minimum Gasteiger partial charge on any atom is -0.491 e. The van der Waals surface area contributed by atoms with Gasteiger partial charge in [0.05, 0.1) is 12.2 Å². The van der Waals surface area contributed by atoms with E-state index in [9.17, 15) is 0 Å². The number of ether oxygens (including phenoxy) is 2. The molecule has 1 aliphatic rings. The maximum absolute atomic E-state index is 5.97. The van der Waals surface area contributed by atoms with E-state index in [2.05, 4.69) is 32.3 Å². The molecule has 1 aromatic heterocycles. The van der Waals surface area contributed by atoms with Crippen LogP contribution in [-0.2, 0) is 6.54 Å². The number of nitrogens with zero attached hydrogens (tertiary/aromatic N) is 3. The number of nitrogens with one attached hydrogen (secondary N) is 1. The first-order valence-corrected chi connectivity index (χ1v) is 11.2. The van der Waals surface area contributed by atoms with Crippen LogP contribution >= 0.6 is 23.2 Å². The van der Waals surface area contributed by atoms with Gasteiger partial charge in [0, 0.05) is 37.8 Å². The zero-order chi connectivity index (χ0) is 21.7. The number of anilines is 1. The van der Waals surface area contributed by atoms with Crippen LogP contribution in [0.5, 0.6) is 11.5 Å². The molecule has 0 unspecified atom stereocenters. The highest BCUT2D eigenvalue weighted by atomic mass is 35.5. The van der Waals surface area contributed by atoms with Gasteiger partial charge >= 0.3 is 0 Å². The average Bonchev–Trinajstić information content (AvgIpc) is 2.61. The number of rotatable bonds is 8. The number of piperidine rings is 1.